The molecule has 0 saturated carbocycles. The molecule has 0 aliphatic carbocycles. The van der Waals surface area contributed by atoms with Crippen LogP contribution in [-0.2, 0) is 6.42 Å². The first kappa shape index (κ1) is 12.9. The van der Waals surface area contributed by atoms with E-state index in [0.29, 0.717) is 6.42 Å². The van der Waals surface area contributed by atoms with Crippen LogP contribution < -0.4 is 0 Å². The van der Waals surface area contributed by atoms with Gasteiger partial charge in [0.05, 0.1) is 18.2 Å². The van der Waals surface area contributed by atoms with Crippen molar-refractivity contribution in [3.05, 3.63) is 66.9 Å². The van der Waals surface area contributed by atoms with Crippen molar-refractivity contribution < 1.29 is 0 Å². The summed E-state index contributed by atoms with van der Waals surface area (Å²) in [6.07, 6.45) is 9.13. The Kier molecular flexibility index (Phi) is 3.66. The molecule has 3 aromatic heterocycles. The number of hydrogen-bond acceptors (Lipinski definition) is 4. The third-order valence-electron chi connectivity index (χ3n) is 3.19. The van der Waals surface area contributed by atoms with Crippen molar-refractivity contribution in [2.45, 2.75) is 6.42 Å². The van der Waals surface area contributed by atoms with Gasteiger partial charge in [-0.05, 0) is 29.8 Å². The van der Waals surface area contributed by atoms with Gasteiger partial charge in [0.25, 0.3) is 0 Å². The van der Waals surface area contributed by atoms with Gasteiger partial charge in [0.1, 0.15) is 0 Å². The van der Waals surface area contributed by atoms with Crippen LogP contribution in [0.25, 0.3) is 22.4 Å². The first-order valence-corrected chi connectivity index (χ1v) is 6.55. The minimum Gasteiger partial charge on any atom is -0.264 e. The van der Waals surface area contributed by atoms with E-state index in [1.54, 1.807) is 31.0 Å². The highest BCUT2D eigenvalue weighted by atomic mass is 14.7. The predicted molar refractivity (Wildman–Crippen MR) is 80.0 cm³/mol. The molecule has 0 radical (unpaired) electrons. The Bertz CT molecular complexity index is 777. The fourth-order valence-corrected chi connectivity index (χ4v) is 2.18. The Morgan fingerprint density at radius 1 is 0.952 bits per heavy atom. The molecule has 21 heavy (non-hydrogen) atoms. The summed E-state index contributed by atoms with van der Waals surface area (Å²) in [6, 6.07) is 11.8. The molecule has 3 rings (SSSR count). The molecule has 0 fully saturated rings. The van der Waals surface area contributed by atoms with E-state index in [0.717, 1.165) is 27.9 Å². The fourth-order valence-electron chi connectivity index (χ4n) is 2.18. The van der Waals surface area contributed by atoms with Crippen LogP contribution in [0.15, 0.2) is 61.3 Å². The molecule has 0 bridgehead atoms. The molecule has 0 N–H and O–H groups in total. The minimum absolute atomic E-state index is 0.333. The van der Waals surface area contributed by atoms with E-state index in [-0.39, 0.29) is 0 Å². The summed E-state index contributed by atoms with van der Waals surface area (Å²) in [5, 5.41) is 9.05. The zero-order valence-corrected chi connectivity index (χ0v) is 11.3. The van der Waals surface area contributed by atoms with Crippen molar-refractivity contribution in [1.82, 2.24) is 15.0 Å². The lowest BCUT2D eigenvalue weighted by molar-refractivity contribution is 1.20. The molecular weight excluding hydrogens is 260 g/mol. The molecule has 0 saturated heterocycles. The Labute approximate surface area is 122 Å². The fraction of sp³-hybridized carbons (Fsp3) is 0.0588. The third kappa shape index (κ3) is 2.77. The molecule has 0 aliphatic heterocycles. The molecule has 3 aromatic rings. The van der Waals surface area contributed by atoms with Crippen molar-refractivity contribution in [2.75, 3.05) is 0 Å². The van der Waals surface area contributed by atoms with Crippen LogP contribution in [0.3, 0.4) is 0 Å². The summed E-state index contributed by atoms with van der Waals surface area (Å²) >= 11 is 0. The maximum Gasteiger partial charge on any atom is 0.0721 e. The van der Waals surface area contributed by atoms with E-state index < -0.39 is 0 Å². The number of rotatable bonds is 3. The maximum atomic E-state index is 9.05. The summed E-state index contributed by atoms with van der Waals surface area (Å²) < 4.78 is 0. The Morgan fingerprint density at radius 3 is 2.29 bits per heavy atom. The molecule has 4 heteroatoms. The van der Waals surface area contributed by atoms with Crippen molar-refractivity contribution in [3.63, 3.8) is 0 Å². The number of hydrogen-bond donors (Lipinski definition) is 0. The van der Waals surface area contributed by atoms with Crippen molar-refractivity contribution >= 4 is 0 Å². The van der Waals surface area contributed by atoms with E-state index in [2.05, 4.69) is 21.0 Å². The highest BCUT2D eigenvalue weighted by Crippen LogP contribution is 2.26. The van der Waals surface area contributed by atoms with E-state index in [4.69, 9.17) is 5.26 Å². The number of pyridine rings is 3. The second-order valence-corrected chi connectivity index (χ2v) is 4.54. The average Bonchev–Trinajstić information content (AvgIpc) is 2.57. The second-order valence-electron chi connectivity index (χ2n) is 4.54. The largest absolute Gasteiger partial charge is 0.264 e. The lowest BCUT2D eigenvalue weighted by Gasteiger charge is -2.09. The lowest BCUT2D eigenvalue weighted by atomic mass is 9.99. The summed E-state index contributed by atoms with van der Waals surface area (Å²) in [5.41, 5.74) is 4.61. The summed E-state index contributed by atoms with van der Waals surface area (Å²) in [4.78, 5) is 12.7. The summed E-state index contributed by atoms with van der Waals surface area (Å²) in [6.45, 7) is 0. The van der Waals surface area contributed by atoms with Gasteiger partial charge in [-0.3, -0.25) is 15.0 Å². The van der Waals surface area contributed by atoms with Crippen LogP contribution in [0.4, 0.5) is 0 Å². The minimum atomic E-state index is 0.333. The molecule has 0 spiro atoms. The number of aromatic nitrogens is 3. The van der Waals surface area contributed by atoms with Crippen molar-refractivity contribution in [2.24, 2.45) is 0 Å². The first-order valence-electron chi connectivity index (χ1n) is 6.55. The molecule has 4 nitrogen and oxygen atoms in total. The van der Waals surface area contributed by atoms with Crippen LogP contribution >= 0.6 is 0 Å². The summed E-state index contributed by atoms with van der Waals surface area (Å²) in [7, 11) is 0. The van der Waals surface area contributed by atoms with Gasteiger partial charge in [-0.25, -0.2) is 0 Å². The van der Waals surface area contributed by atoms with Crippen LogP contribution in [-0.4, -0.2) is 15.0 Å². The quantitative estimate of drug-likeness (QED) is 0.734. The third-order valence-corrected chi connectivity index (χ3v) is 3.19. The lowest BCUT2D eigenvalue weighted by Crippen LogP contribution is -1.94. The van der Waals surface area contributed by atoms with E-state index in [1.165, 1.54) is 0 Å². The highest BCUT2D eigenvalue weighted by molar-refractivity contribution is 5.70. The molecule has 3 heterocycles. The zero-order chi connectivity index (χ0) is 14.5. The van der Waals surface area contributed by atoms with E-state index in [9.17, 15) is 0 Å². The van der Waals surface area contributed by atoms with Gasteiger partial charge in [0.2, 0.25) is 0 Å². The van der Waals surface area contributed by atoms with Gasteiger partial charge in [0, 0.05) is 47.7 Å². The predicted octanol–water partition coefficient (Wildman–Crippen LogP) is 3.27. The molecule has 0 aromatic carbocycles. The second kappa shape index (κ2) is 5.93. The van der Waals surface area contributed by atoms with Crippen molar-refractivity contribution in [1.29, 1.82) is 5.26 Å². The first-order chi connectivity index (χ1) is 10.4. The van der Waals surface area contributed by atoms with Gasteiger partial charge < -0.3 is 0 Å². The molecule has 0 amide bonds. The standard InChI is InChI=1S/C17H12N4/c18-6-5-13-9-17(15-4-2-8-20-11-15)21-12-16(13)14-3-1-7-19-10-14/h1-4,7-12H,5H2. The SMILES string of the molecule is N#CCc1cc(-c2cccnc2)ncc1-c1cccnc1. The van der Waals surface area contributed by atoms with Gasteiger partial charge in [-0.2, -0.15) is 5.26 Å². The van der Waals surface area contributed by atoms with Gasteiger partial charge in [-0.15, -0.1) is 0 Å². The topological polar surface area (TPSA) is 62.5 Å². The molecule has 0 aliphatic rings. The van der Waals surface area contributed by atoms with Gasteiger partial charge >= 0.3 is 0 Å². The van der Waals surface area contributed by atoms with Crippen LogP contribution in [0.2, 0.25) is 0 Å². The normalized spacial score (nSPS) is 10.0. The van der Waals surface area contributed by atoms with Gasteiger partial charge in [0.15, 0.2) is 0 Å². The average molecular weight is 272 g/mol. The highest BCUT2D eigenvalue weighted by Gasteiger charge is 2.09. The van der Waals surface area contributed by atoms with E-state index in [1.807, 2.05) is 30.3 Å². The van der Waals surface area contributed by atoms with Crippen LogP contribution in [0.1, 0.15) is 5.56 Å². The zero-order valence-electron chi connectivity index (χ0n) is 11.3. The Hall–Kier alpha value is -3.06. The molecule has 0 unspecified atom stereocenters. The Morgan fingerprint density at radius 2 is 1.67 bits per heavy atom. The van der Waals surface area contributed by atoms with Gasteiger partial charge in [-0.1, -0.05) is 6.07 Å². The molecular formula is C17H12N4. The maximum absolute atomic E-state index is 9.05. The monoisotopic (exact) mass is 272 g/mol. The molecule has 0 atom stereocenters. The number of nitrogens with zero attached hydrogens (tertiary/aromatic N) is 4. The van der Waals surface area contributed by atoms with Crippen LogP contribution in [0.5, 0.6) is 0 Å². The van der Waals surface area contributed by atoms with E-state index >= 15 is 0 Å². The Balaban J connectivity index is 2.10. The van der Waals surface area contributed by atoms with Crippen molar-refractivity contribution in [3.8, 4) is 28.5 Å². The smallest absolute Gasteiger partial charge is 0.0721 e. The summed E-state index contributed by atoms with van der Waals surface area (Å²) in [5.74, 6) is 0. The number of nitriles is 1. The van der Waals surface area contributed by atoms with Crippen LogP contribution in [0, 0.1) is 11.3 Å². The molecule has 100 valence electrons.